The molecule has 7 heteroatoms. The third-order valence-electron chi connectivity index (χ3n) is 4.94. The zero-order valence-electron chi connectivity index (χ0n) is 16.1. The van der Waals surface area contributed by atoms with E-state index in [4.69, 9.17) is 9.15 Å². The molecule has 1 aliphatic heterocycles. The summed E-state index contributed by atoms with van der Waals surface area (Å²) in [5, 5.41) is 0. The summed E-state index contributed by atoms with van der Waals surface area (Å²) in [5.41, 5.74) is 2.63. The normalized spacial score (nSPS) is 13.1. The highest BCUT2D eigenvalue weighted by atomic mass is 16.5. The van der Waals surface area contributed by atoms with Crippen molar-refractivity contribution < 1.29 is 18.7 Å². The van der Waals surface area contributed by atoms with E-state index in [0.717, 1.165) is 24.3 Å². The Morgan fingerprint density at radius 2 is 1.93 bits per heavy atom. The second-order valence-electron chi connectivity index (χ2n) is 6.89. The van der Waals surface area contributed by atoms with Crippen LogP contribution in [0.5, 0.6) is 0 Å². The van der Waals surface area contributed by atoms with Gasteiger partial charge in [0.2, 0.25) is 0 Å². The number of carbonyl (C=O) groups excluding carboxylic acids is 2. The van der Waals surface area contributed by atoms with Crippen molar-refractivity contribution in [2.24, 2.45) is 0 Å². The molecule has 1 amide bonds. The van der Waals surface area contributed by atoms with Gasteiger partial charge in [-0.05, 0) is 18.1 Å². The van der Waals surface area contributed by atoms with E-state index in [1.54, 1.807) is 4.90 Å². The first kappa shape index (κ1) is 18.9. The molecule has 0 spiro atoms. The van der Waals surface area contributed by atoms with Crippen molar-refractivity contribution in [2.75, 3.05) is 13.7 Å². The van der Waals surface area contributed by atoms with E-state index in [-0.39, 0.29) is 11.5 Å². The minimum Gasteiger partial charge on any atom is -0.465 e. The summed E-state index contributed by atoms with van der Waals surface area (Å²) < 4.78 is 10.6. The van der Waals surface area contributed by atoms with Crippen LogP contribution in [0.4, 0.5) is 0 Å². The molecule has 4 rings (SSSR count). The van der Waals surface area contributed by atoms with E-state index in [0.29, 0.717) is 31.0 Å². The Hall–Kier alpha value is -3.48. The van der Waals surface area contributed by atoms with Gasteiger partial charge in [-0.1, -0.05) is 30.3 Å². The van der Waals surface area contributed by atoms with Crippen LogP contribution in [0.25, 0.3) is 0 Å². The molecule has 0 bridgehead atoms. The first-order valence-corrected chi connectivity index (χ1v) is 9.48. The van der Waals surface area contributed by atoms with E-state index >= 15 is 0 Å². The van der Waals surface area contributed by atoms with Crippen LogP contribution in [0.2, 0.25) is 0 Å². The molecule has 29 heavy (non-hydrogen) atoms. The number of hydrogen-bond donors (Lipinski definition) is 0. The number of nitrogens with zero attached hydrogens (tertiary/aromatic N) is 3. The van der Waals surface area contributed by atoms with Gasteiger partial charge in [-0.25, -0.2) is 9.78 Å². The fourth-order valence-corrected chi connectivity index (χ4v) is 3.40. The maximum absolute atomic E-state index is 12.9. The highest BCUT2D eigenvalue weighted by Gasteiger charge is 2.26. The summed E-state index contributed by atoms with van der Waals surface area (Å²) in [6.07, 6.45) is 5.03. The van der Waals surface area contributed by atoms with E-state index < -0.39 is 5.97 Å². The molecule has 3 heterocycles. The average molecular weight is 391 g/mol. The van der Waals surface area contributed by atoms with Crippen molar-refractivity contribution in [1.82, 2.24) is 14.9 Å². The molecule has 7 nitrogen and oxygen atoms in total. The summed E-state index contributed by atoms with van der Waals surface area (Å²) in [4.78, 5) is 34.8. The van der Waals surface area contributed by atoms with Crippen LogP contribution in [-0.4, -0.2) is 40.4 Å². The minimum absolute atomic E-state index is 0.192. The number of methoxy groups -OCH3 is 1. The summed E-state index contributed by atoms with van der Waals surface area (Å²) in [6.45, 7) is 0.910. The van der Waals surface area contributed by atoms with Gasteiger partial charge in [0.15, 0.2) is 5.89 Å². The van der Waals surface area contributed by atoms with E-state index in [2.05, 4.69) is 22.1 Å². The number of benzene rings is 1. The smallest absolute Gasteiger partial charge is 0.339 e. The van der Waals surface area contributed by atoms with Gasteiger partial charge >= 0.3 is 5.97 Å². The Morgan fingerprint density at radius 3 is 2.72 bits per heavy atom. The average Bonchev–Trinajstić information content (AvgIpc) is 3.19. The highest BCUT2D eigenvalue weighted by molar-refractivity contribution is 5.97. The van der Waals surface area contributed by atoms with E-state index in [9.17, 15) is 9.59 Å². The number of aromatic nitrogens is 2. The first-order valence-electron chi connectivity index (χ1n) is 9.48. The Balaban J connectivity index is 1.44. The molecule has 1 aromatic carbocycles. The molecular weight excluding hydrogens is 370 g/mol. The summed E-state index contributed by atoms with van der Waals surface area (Å²) in [7, 11) is 1.29. The van der Waals surface area contributed by atoms with Gasteiger partial charge in [0, 0.05) is 31.8 Å². The van der Waals surface area contributed by atoms with Crippen LogP contribution >= 0.6 is 0 Å². The lowest BCUT2D eigenvalue weighted by atomic mass is 10.1. The molecule has 0 saturated carbocycles. The molecule has 1 aliphatic rings. The van der Waals surface area contributed by atoms with E-state index in [1.807, 2.05) is 18.2 Å². The number of amides is 1. The number of pyridine rings is 1. The van der Waals surface area contributed by atoms with Crippen LogP contribution in [0.15, 0.2) is 53.2 Å². The lowest BCUT2D eigenvalue weighted by Gasteiger charge is -2.25. The summed E-state index contributed by atoms with van der Waals surface area (Å²) in [5.74, 6) is 0.830. The van der Waals surface area contributed by atoms with Crippen LogP contribution in [0.3, 0.4) is 0 Å². The molecule has 0 fully saturated rings. The number of rotatable bonds is 5. The van der Waals surface area contributed by atoms with Crippen molar-refractivity contribution in [1.29, 1.82) is 0 Å². The van der Waals surface area contributed by atoms with Crippen LogP contribution in [0, 0.1) is 0 Å². The Morgan fingerprint density at radius 1 is 1.14 bits per heavy atom. The number of aryl methyl sites for hydroxylation is 2. The lowest BCUT2D eigenvalue weighted by Crippen LogP contribution is -2.36. The fourth-order valence-electron chi connectivity index (χ4n) is 3.40. The number of ether oxygens (including phenoxy) is 1. The molecular formula is C22H21N3O4. The largest absolute Gasteiger partial charge is 0.465 e. The van der Waals surface area contributed by atoms with Crippen LogP contribution < -0.4 is 0 Å². The second kappa shape index (κ2) is 8.26. The maximum Gasteiger partial charge on any atom is 0.339 e. The molecule has 0 radical (unpaired) electrons. The summed E-state index contributed by atoms with van der Waals surface area (Å²) >= 11 is 0. The van der Waals surface area contributed by atoms with Crippen molar-refractivity contribution in [2.45, 2.75) is 25.8 Å². The third kappa shape index (κ3) is 4.18. The van der Waals surface area contributed by atoms with Gasteiger partial charge in [0.05, 0.1) is 24.8 Å². The quantitative estimate of drug-likeness (QED) is 0.622. The first-order chi connectivity index (χ1) is 14.1. The topological polar surface area (TPSA) is 85.5 Å². The lowest BCUT2D eigenvalue weighted by molar-refractivity contribution is 0.0600. The highest BCUT2D eigenvalue weighted by Crippen LogP contribution is 2.22. The van der Waals surface area contributed by atoms with Gasteiger partial charge < -0.3 is 14.1 Å². The Bertz CT molecular complexity index is 1030. The van der Waals surface area contributed by atoms with Crippen molar-refractivity contribution >= 4 is 11.9 Å². The molecule has 0 atom stereocenters. The number of hydrogen-bond acceptors (Lipinski definition) is 6. The van der Waals surface area contributed by atoms with E-state index in [1.165, 1.54) is 31.1 Å². The van der Waals surface area contributed by atoms with Crippen LogP contribution in [-0.2, 0) is 30.5 Å². The maximum atomic E-state index is 12.9. The van der Waals surface area contributed by atoms with Crippen LogP contribution in [0.1, 0.15) is 43.6 Å². The molecule has 148 valence electrons. The van der Waals surface area contributed by atoms with Gasteiger partial charge in [-0.15, -0.1) is 0 Å². The number of fused-ring (bicyclic) bond motifs is 1. The standard InChI is InChI=1S/C22H21N3O4/c1-28-22(27)17-11-16(12-23-13-17)21(26)25-10-9-19-18(14-25)24-20(29-19)8-7-15-5-3-2-4-6-15/h2-6,11-13H,7-10,14H2,1H3. The molecule has 0 saturated heterocycles. The van der Waals surface area contributed by atoms with Crippen molar-refractivity contribution in [3.05, 3.63) is 82.8 Å². The fraction of sp³-hybridized carbons (Fsp3) is 0.273. The molecule has 3 aromatic rings. The minimum atomic E-state index is -0.521. The SMILES string of the molecule is COC(=O)c1cncc(C(=O)N2CCc3oc(CCc4ccccc4)nc3C2)c1. The molecule has 0 N–H and O–H groups in total. The predicted molar refractivity (Wildman–Crippen MR) is 104 cm³/mol. The van der Waals surface area contributed by atoms with Gasteiger partial charge in [-0.3, -0.25) is 9.78 Å². The third-order valence-corrected chi connectivity index (χ3v) is 4.94. The van der Waals surface area contributed by atoms with Crippen molar-refractivity contribution in [3.8, 4) is 0 Å². The number of oxazole rings is 1. The molecule has 0 unspecified atom stereocenters. The summed E-state index contributed by atoms with van der Waals surface area (Å²) in [6, 6.07) is 11.7. The zero-order chi connectivity index (χ0) is 20.2. The monoisotopic (exact) mass is 391 g/mol. The number of esters is 1. The van der Waals surface area contributed by atoms with Crippen molar-refractivity contribution in [3.63, 3.8) is 0 Å². The molecule has 2 aromatic heterocycles. The Labute approximate surface area is 168 Å². The second-order valence-corrected chi connectivity index (χ2v) is 6.89. The zero-order valence-corrected chi connectivity index (χ0v) is 16.1. The van der Waals surface area contributed by atoms with Gasteiger partial charge in [0.25, 0.3) is 5.91 Å². The predicted octanol–water partition coefficient (Wildman–Crippen LogP) is 2.84. The van der Waals surface area contributed by atoms with Gasteiger partial charge in [0.1, 0.15) is 11.5 Å². The Kier molecular flexibility index (Phi) is 5.37. The van der Waals surface area contributed by atoms with Gasteiger partial charge in [-0.2, -0.15) is 0 Å². The number of carbonyl (C=O) groups is 2. The molecule has 0 aliphatic carbocycles.